The lowest BCUT2D eigenvalue weighted by atomic mass is 10.4. The minimum Gasteiger partial charge on any atom is -0.465 e. The van der Waals surface area contributed by atoms with Gasteiger partial charge < -0.3 is 20.5 Å². The van der Waals surface area contributed by atoms with Crippen molar-refractivity contribution in [3.63, 3.8) is 0 Å². The van der Waals surface area contributed by atoms with Crippen LogP contribution >= 0.6 is 11.3 Å². The summed E-state index contributed by atoms with van der Waals surface area (Å²) in [5.74, 6) is -0.657. The molecule has 0 aliphatic carbocycles. The van der Waals surface area contributed by atoms with Gasteiger partial charge >= 0.3 is 5.97 Å². The predicted molar refractivity (Wildman–Crippen MR) is 78.2 cm³/mol. The van der Waals surface area contributed by atoms with Crippen LogP contribution in [0.4, 0.5) is 10.7 Å². The third-order valence-electron chi connectivity index (χ3n) is 2.38. The number of hydrogen-bond donors (Lipinski definition) is 2. The average molecular weight is 322 g/mol. The Labute approximate surface area is 122 Å². The Hall–Kier alpha value is -1.32. The third-order valence-corrected chi connectivity index (χ3v) is 4.82. The van der Waals surface area contributed by atoms with Crippen LogP contribution in [0.3, 0.4) is 0 Å². The molecule has 7 nitrogen and oxygen atoms in total. The van der Waals surface area contributed by atoms with Gasteiger partial charge in [-0.15, -0.1) is 11.3 Å². The van der Waals surface area contributed by atoms with Crippen molar-refractivity contribution in [3.05, 3.63) is 4.88 Å². The van der Waals surface area contributed by atoms with Gasteiger partial charge in [-0.25, -0.2) is 13.2 Å². The Bertz CT molecular complexity index is 580. The molecule has 9 heteroatoms. The van der Waals surface area contributed by atoms with Crippen LogP contribution in [0, 0.1) is 0 Å². The standard InChI is InChI=1S/C11H18N2O5S2/c1-4-18-6-5-13-10-9(20(3,15)16)7(12)8(19-10)11(14)17-2/h13H,4-6,12H2,1-3H3. The van der Waals surface area contributed by atoms with Gasteiger partial charge in [0.15, 0.2) is 9.84 Å². The zero-order valence-corrected chi connectivity index (χ0v) is 13.2. The molecular formula is C11H18N2O5S2. The summed E-state index contributed by atoms with van der Waals surface area (Å²) in [6, 6.07) is 0. The molecule has 0 bridgehead atoms. The van der Waals surface area contributed by atoms with Gasteiger partial charge in [-0.1, -0.05) is 0 Å². The first-order valence-electron chi connectivity index (χ1n) is 5.85. The van der Waals surface area contributed by atoms with E-state index in [-0.39, 0.29) is 15.5 Å². The van der Waals surface area contributed by atoms with Crippen LogP contribution in [0.25, 0.3) is 0 Å². The maximum Gasteiger partial charge on any atom is 0.350 e. The van der Waals surface area contributed by atoms with Crippen LogP contribution < -0.4 is 11.1 Å². The second kappa shape index (κ2) is 6.91. The fourth-order valence-corrected chi connectivity index (χ4v) is 4.05. The van der Waals surface area contributed by atoms with E-state index < -0.39 is 15.8 Å². The van der Waals surface area contributed by atoms with Gasteiger partial charge in [0, 0.05) is 19.4 Å². The van der Waals surface area contributed by atoms with Crippen molar-refractivity contribution < 1.29 is 22.7 Å². The van der Waals surface area contributed by atoms with E-state index in [4.69, 9.17) is 10.5 Å². The molecule has 1 aromatic heterocycles. The summed E-state index contributed by atoms with van der Waals surface area (Å²) in [5.41, 5.74) is 5.68. The van der Waals surface area contributed by atoms with Crippen molar-refractivity contribution in [1.82, 2.24) is 0 Å². The number of anilines is 2. The first kappa shape index (κ1) is 16.7. The molecule has 0 amide bonds. The molecule has 0 unspecified atom stereocenters. The molecular weight excluding hydrogens is 304 g/mol. The highest BCUT2D eigenvalue weighted by Crippen LogP contribution is 2.39. The summed E-state index contributed by atoms with van der Waals surface area (Å²) in [6.45, 7) is 3.27. The molecule has 0 atom stereocenters. The molecule has 0 aliphatic rings. The van der Waals surface area contributed by atoms with Gasteiger partial charge in [-0.2, -0.15) is 0 Å². The fourth-order valence-electron chi connectivity index (χ4n) is 1.54. The van der Waals surface area contributed by atoms with E-state index in [0.717, 1.165) is 17.6 Å². The highest BCUT2D eigenvalue weighted by atomic mass is 32.2. The quantitative estimate of drug-likeness (QED) is 0.569. The number of rotatable bonds is 7. The number of sulfone groups is 1. The van der Waals surface area contributed by atoms with E-state index in [1.807, 2.05) is 6.92 Å². The molecule has 0 aromatic carbocycles. The van der Waals surface area contributed by atoms with E-state index in [2.05, 4.69) is 10.1 Å². The molecule has 3 N–H and O–H groups in total. The van der Waals surface area contributed by atoms with E-state index >= 15 is 0 Å². The van der Waals surface area contributed by atoms with Gasteiger partial charge in [0.05, 0.1) is 19.4 Å². The molecule has 0 fully saturated rings. The topological polar surface area (TPSA) is 108 Å². The van der Waals surface area contributed by atoms with Crippen molar-refractivity contribution >= 4 is 37.8 Å². The number of methoxy groups -OCH3 is 1. The van der Waals surface area contributed by atoms with Crippen LogP contribution in [0.15, 0.2) is 4.90 Å². The Morgan fingerprint density at radius 1 is 1.45 bits per heavy atom. The number of thiophene rings is 1. The lowest BCUT2D eigenvalue weighted by molar-refractivity contribution is 0.0607. The number of nitrogen functional groups attached to an aromatic ring is 1. The minimum absolute atomic E-state index is 0.0700. The maximum atomic E-state index is 11.8. The number of carbonyl (C=O) groups excluding carboxylic acids is 1. The van der Waals surface area contributed by atoms with E-state index in [0.29, 0.717) is 24.8 Å². The van der Waals surface area contributed by atoms with Crippen molar-refractivity contribution in [3.8, 4) is 0 Å². The summed E-state index contributed by atoms with van der Waals surface area (Å²) in [4.78, 5) is 11.6. The first-order chi connectivity index (χ1) is 9.32. The van der Waals surface area contributed by atoms with Crippen molar-refractivity contribution in [2.45, 2.75) is 11.8 Å². The fraction of sp³-hybridized carbons (Fsp3) is 0.545. The maximum absolute atomic E-state index is 11.8. The molecule has 1 aromatic rings. The molecule has 114 valence electrons. The van der Waals surface area contributed by atoms with Crippen LogP contribution in [-0.4, -0.2) is 47.5 Å². The summed E-state index contributed by atoms with van der Waals surface area (Å²) in [5, 5.41) is 3.25. The molecule has 1 rings (SSSR count). The minimum atomic E-state index is -3.55. The third kappa shape index (κ3) is 3.84. The zero-order valence-electron chi connectivity index (χ0n) is 11.6. The zero-order chi connectivity index (χ0) is 15.3. The van der Waals surface area contributed by atoms with Crippen molar-refractivity contribution in [1.29, 1.82) is 0 Å². The highest BCUT2D eigenvalue weighted by Gasteiger charge is 2.27. The van der Waals surface area contributed by atoms with Gasteiger partial charge in [0.2, 0.25) is 0 Å². The van der Waals surface area contributed by atoms with Crippen molar-refractivity contribution in [2.24, 2.45) is 0 Å². The second-order valence-corrected chi connectivity index (χ2v) is 6.86. The van der Waals surface area contributed by atoms with Gasteiger partial charge in [0.1, 0.15) is 14.8 Å². The predicted octanol–water partition coefficient (Wildman–Crippen LogP) is 0.969. The van der Waals surface area contributed by atoms with Crippen molar-refractivity contribution in [2.75, 3.05) is 44.2 Å². The Morgan fingerprint density at radius 2 is 2.10 bits per heavy atom. The molecule has 1 heterocycles. The summed E-state index contributed by atoms with van der Waals surface area (Å²) >= 11 is 0.958. The lowest BCUT2D eigenvalue weighted by Crippen LogP contribution is -2.11. The molecule has 0 aliphatic heterocycles. The van der Waals surface area contributed by atoms with Gasteiger partial charge in [-0.3, -0.25) is 0 Å². The SMILES string of the molecule is CCOCCNc1sc(C(=O)OC)c(N)c1S(C)(=O)=O. The largest absolute Gasteiger partial charge is 0.465 e. The van der Waals surface area contributed by atoms with E-state index in [1.165, 1.54) is 7.11 Å². The number of nitrogens with one attached hydrogen (secondary N) is 1. The van der Waals surface area contributed by atoms with E-state index in [9.17, 15) is 13.2 Å². The Kier molecular flexibility index (Phi) is 5.78. The normalized spacial score (nSPS) is 11.3. The van der Waals surface area contributed by atoms with Gasteiger partial charge in [-0.05, 0) is 6.92 Å². The number of carbonyl (C=O) groups is 1. The van der Waals surface area contributed by atoms with Crippen LogP contribution in [0.1, 0.15) is 16.6 Å². The second-order valence-electron chi connectivity index (χ2n) is 3.89. The molecule has 0 saturated heterocycles. The Morgan fingerprint density at radius 3 is 2.60 bits per heavy atom. The summed E-state index contributed by atoms with van der Waals surface area (Å²) in [7, 11) is -2.34. The number of nitrogens with two attached hydrogens (primary N) is 1. The number of ether oxygens (including phenoxy) is 2. The molecule has 0 radical (unpaired) electrons. The number of hydrogen-bond acceptors (Lipinski definition) is 8. The smallest absolute Gasteiger partial charge is 0.350 e. The lowest BCUT2D eigenvalue weighted by Gasteiger charge is -2.06. The Balaban J connectivity index is 3.11. The highest BCUT2D eigenvalue weighted by molar-refractivity contribution is 7.91. The van der Waals surface area contributed by atoms with Gasteiger partial charge in [0.25, 0.3) is 0 Å². The molecule has 0 spiro atoms. The molecule has 0 saturated carbocycles. The average Bonchev–Trinajstić information content (AvgIpc) is 2.70. The molecule has 20 heavy (non-hydrogen) atoms. The monoisotopic (exact) mass is 322 g/mol. The van der Waals surface area contributed by atoms with Crippen LogP contribution in [-0.2, 0) is 19.3 Å². The van der Waals surface area contributed by atoms with Crippen LogP contribution in [0.2, 0.25) is 0 Å². The van der Waals surface area contributed by atoms with E-state index in [1.54, 1.807) is 0 Å². The first-order valence-corrected chi connectivity index (χ1v) is 8.56. The summed E-state index contributed by atoms with van der Waals surface area (Å²) in [6.07, 6.45) is 1.04. The van der Waals surface area contributed by atoms with Crippen LogP contribution in [0.5, 0.6) is 0 Å². The summed E-state index contributed by atoms with van der Waals surface area (Å²) < 4.78 is 33.3. The number of esters is 1.